The standard InChI is InChI=1S/C15H10N2O2.C6H10O4.C6H14O2.C2H6O2/c18-10-16-14-5-1-12(2-6-14)9-13-3-7-15(8-4-13)17-11-19;7-5(8)3-1-2-4-6(9)10;7-5-3-1-2-4-6-8;3-1-2-4/h1-8H,9H2;1-4H2,(H,7,8)(H,9,10);7-8H,1-6H2;3-4H,1-2H2. The zero-order valence-corrected chi connectivity index (χ0v) is 23.0. The number of unbranched alkanes of at least 4 members (excludes halogenated alkanes) is 4. The Bertz CT molecular complexity index is 947. The monoisotopic (exact) mass is 576 g/mol. The Morgan fingerprint density at radius 1 is 0.537 bits per heavy atom. The number of carboxylic acids is 2. The van der Waals surface area contributed by atoms with Crippen molar-refractivity contribution in [3.8, 4) is 0 Å². The van der Waals surface area contributed by atoms with Gasteiger partial charge in [0.15, 0.2) is 0 Å². The number of nitrogens with zero attached hydrogens (tertiary/aromatic N) is 2. The van der Waals surface area contributed by atoms with Crippen molar-refractivity contribution in [2.45, 2.75) is 57.8 Å². The van der Waals surface area contributed by atoms with Gasteiger partial charge in [0.05, 0.1) is 24.6 Å². The molecule has 0 fully saturated rings. The number of rotatable bonds is 15. The minimum atomic E-state index is -0.870. The minimum Gasteiger partial charge on any atom is -0.481 e. The van der Waals surface area contributed by atoms with Crippen LogP contribution in [-0.2, 0) is 25.6 Å². The van der Waals surface area contributed by atoms with E-state index in [1.54, 1.807) is 24.3 Å². The fourth-order valence-corrected chi connectivity index (χ4v) is 2.85. The summed E-state index contributed by atoms with van der Waals surface area (Å²) in [5.41, 5.74) is 3.40. The maximum Gasteiger partial charge on any atom is 0.303 e. The van der Waals surface area contributed by atoms with Crippen molar-refractivity contribution < 1.29 is 49.8 Å². The predicted molar refractivity (Wildman–Crippen MR) is 152 cm³/mol. The van der Waals surface area contributed by atoms with Crippen LogP contribution in [0, 0.1) is 0 Å². The first-order valence-electron chi connectivity index (χ1n) is 13.0. The second kappa shape index (κ2) is 29.0. The Hall–Kier alpha value is -4.02. The van der Waals surface area contributed by atoms with Crippen LogP contribution < -0.4 is 0 Å². The molecule has 0 saturated heterocycles. The largest absolute Gasteiger partial charge is 0.481 e. The molecule has 226 valence electrons. The molecule has 12 heteroatoms. The van der Waals surface area contributed by atoms with E-state index in [-0.39, 0.29) is 39.3 Å². The molecule has 0 aromatic heterocycles. The lowest BCUT2D eigenvalue weighted by atomic mass is 10.0. The van der Waals surface area contributed by atoms with Crippen LogP contribution in [0.15, 0.2) is 58.5 Å². The molecule has 6 N–H and O–H groups in total. The van der Waals surface area contributed by atoms with Crippen molar-refractivity contribution in [1.29, 1.82) is 0 Å². The van der Waals surface area contributed by atoms with E-state index in [1.807, 2.05) is 24.3 Å². The van der Waals surface area contributed by atoms with Gasteiger partial charge in [-0.25, -0.2) is 9.59 Å². The number of isocyanates is 2. The summed E-state index contributed by atoms with van der Waals surface area (Å²) in [5, 5.41) is 48.1. The molecule has 0 heterocycles. The van der Waals surface area contributed by atoms with Crippen LogP contribution in [0.25, 0.3) is 0 Å². The van der Waals surface area contributed by atoms with Crippen LogP contribution in [-0.4, -0.2) is 81.2 Å². The fourth-order valence-electron chi connectivity index (χ4n) is 2.85. The Morgan fingerprint density at radius 3 is 1.12 bits per heavy atom. The van der Waals surface area contributed by atoms with Gasteiger partial charge in [0.1, 0.15) is 0 Å². The number of hydrogen-bond acceptors (Lipinski definition) is 10. The molecular weight excluding hydrogens is 536 g/mol. The van der Waals surface area contributed by atoms with Crippen molar-refractivity contribution in [1.82, 2.24) is 0 Å². The molecule has 0 aliphatic heterocycles. The van der Waals surface area contributed by atoms with E-state index in [9.17, 15) is 19.2 Å². The molecule has 0 radical (unpaired) electrons. The molecule has 0 amide bonds. The first-order chi connectivity index (χ1) is 19.8. The molecule has 0 unspecified atom stereocenters. The molecule has 0 saturated carbocycles. The highest BCUT2D eigenvalue weighted by Crippen LogP contribution is 2.17. The van der Waals surface area contributed by atoms with Gasteiger partial charge in [0.2, 0.25) is 12.2 Å². The zero-order chi connectivity index (χ0) is 31.1. The summed E-state index contributed by atoms with van der Waals surface area (Å²) in [4.78, 5) is 47.1. The summed E-state index contributed by atoms with van der Waals surface area (Å²) >= 11 is 0. The molecule has 0 spiro atoms. The maximum absolute atomic E-state index is 10.1. The van der Waals surface area contributed by atoms with Gasteiger partial charge in [-0.1, -0.05) is 37.1 Å². The number of carbonyl (C=O) groups is 2. The third-order valence-corrected chi connectivity index (χ3v) is 4.83. The molecule has 41 heavy (non-hydrogen) atoms. The van der Waals surface area contributed by atoms with E-state index < -0.39 is 11.9 Å². The second-order valence-electron chi connectivity index (χ2n) is 8.22. The average Bonchev–Trinajstić information content (AvgIpc) is 2.96. The van der Waals surface area contributed by atoms with Crippen LogP contribution in [0.3, 0.4) is 0 Å². The number of aliphatic imine (C=N–C) groups is 2. The third-order valence-electron chi connectivity index (χ3n) is 4.83. The van der Waals surface area contributed by atoms with Gasteiger partial charge in [0.25, 0.3) is 0 Å². The number of aliphatic carboxylic acids is 2. The number of benzene rings is 2. The van der Waals surface area contributed by atoms with Gasteiger partial charge in [-0.2, -0.15) is 9.98 Å². The summed E-state index contributed by atoms with van der Waals surface area (Å²) in [6.45, 7) is 0.316. The highest BCUT2D eigenvalue weighted by Gasteiger charge is 1.99. The fraction of sp³-hybridized carbons (Fsp3) is 0.448. The Balaban J connectivity index is 0. The van der Waals surface area contributed by atoms with E-state index >= 15 is 0 Å². The minimum absolute atomic E-state index is 0.0628. The van der Waals surface area contributed by atoms with E-state index in [4.69, 9.17) is 30.6 Å². The van der Waals surface area contributed by atoms with E-state index in [0.717, 1.165) is 43.2 Å². The molecule has 0 atom stereocenters. The average molecular weight is 577 g/mol. The summed E-state index contributed by atoms with van der Waals surface area (Å²) in [6, 6.07) is 14.7. The van der Waals surface area contributed by atoms with Gasteiger partial charge in [-0.15, -0.1) is 0 Å². The zero-order valence-electron chi connectivity index (χ0n) is 23.0. The molecule has 0 aliphatic rings. The lowest BCUT2D eigenvalue weighted by Gasteiger charge is -2.02. The molecular formula is C29H40N2O10. The van der Waals surface area contributed by atoms with Crippen LogP contribution in [0.1, 0.15) is 62.5 Å². The van der Waals surface area contributed by atoms with Crippen LogP contribution >= 0.6 is 0 Å². The molecule has 0 aliphatic carbocycles. The highest BCUT2D eigenvalue weighted by molar-refractivity contribution is 5.67. The normalized spacial score (nSPS) is 9.17. The second-order valence-corrected chi connectivity index (χ2v) is 8.22. The number of aliphatic hydroxyl groups is 4. The number of hydrogen-bond donors (Lipinski definition) is 6. The first-order valence-corrected chi connectivity index (χ1v) is 13.0. The van der Waals surface area contributed by atoms with Crippen LogP contribution in [0.5, 0.6) is 0 Å². The quantitative estimate of drug-likeness (QED) is 0.103. The molecule has 0 bridgehead atoms. The van der Waals surface area contributed by atoms with Gasteiger partial charge >= 0.3 is 11.9 Å². The number of carboxylic acid groups (broad SMARTS) is 2. The van der Waals surface area contributed by atoms with Crippen molar-refractivity contribution in [3.05, 3.63) is 59.7 Å². The highest BCUT2D eigenvalue weighted by atomic mass is 16.4. The molecule has 2 aromatic rings. The van der Waals surface area contributed by atoms with Crippen molar-refractivity contribution in [2.75, 3.05) is 26.4 Å². The molecule has 2 rings (SSSR count). The van der Waals surface area contributed by atoms with Gasteiger partial charge < -0.3 is 30.6 Å². The van der Waals surface area contributed by atoms with E-state index in [0.29, 0.717) is 24.2 Å². The maximum atomic E-state index is 10.1. The van der Waals surface area contributed by atoms with Crippen LogP contribution in [0.2, 0.25) is 0 Å². The van der Waals surface area contributed by atoms with Gasteiger partial charge in [-0.05, 0) is 67.5 Å². The van der Waals surface area contributed by atoms with Crippen molar-refractivity contribution >= 4 is 35.5 Å². The summed E-state index contributed by atoms with van der Waals surface area (Å²) < 4.78 is 0. The van der Waals surface area contributed by atoms with Gasteiger partial charge in [0, 0.05) is 26.1 Å². The third kappa shape index (κ3) is 27.3. The Morgan fingerprint density at radius 2 is 0.878 bits per heavy atom. The first kappa shape index (κ1) is 39.1. The SMILES string of the molecule is O=C(O)CCCCC(=O)O.O=C=Nc1ccc(Cc2ccc(N=C=O)cc2)cc1.OCCCCCCO.OCCO. The summed E-state index contributed by atoms with van der Waals surface area (Å²) in [6.07, 6.45) is 8.61. The smallest absolute Gasteiger partial charge is 0.303 e. The number of carbonyl (C=O) groups excluding carboxylic acids is 2. The summed E-state index contributed by atoms with van der Waals surface area (Å²) in [7, 11) is 0. The molecule has 2 aromatic carbocycles. The number of aliphatic hydroxyl groups excluding tert-OH is 4. The Kier molecular flexibility index (Phi) is 27.6. The summed E-state index contributed by atoms with van der Waals surface area (Å²) in [5.74, 6) is -1.74. The van der Waals surface area contributed by atoms with E-state index in [2.05, 4.69) is 9.98 Å². The van der Waals surface area contributed by atoms with E-state index in [1.165, 1.54) is 12.2 Å². The lowest BCUT2D eigenvalue weighted by molar-refractivity contribution is -0.139. The Labute approximate surface area is 239 Å². The topological polar surface area (TPSA) is 214 Å². The van der Waals surface area contributed by atoms with Crippen molar-refractivity contribution in [3.63, 3.8) is 0 Å². The van der Waals surface area contributed by atoms with Crippen molar-refractivity contribution in [2.24, 2.45) is 9.98 Å². The molecule has 12 nitrogen and oxygen atoms in total. The van der Waals surface area contributed by atoms with Crippen LogP contribution in [0.4, 0.5) is 11.4 Å². The predicted octanol–water partition coefficient (Wildman–Crippen LogP) is 3.43. The van der Waals surface area contributed by atoms with Gasteiger partial charge in [-0.3, -0.25) is 9.59 Å². The lowest BCUT2D eigenvalue weighted by Crippen LogP contribution is -1.97.